The summed E-state index contributed by atoms with van der Waals surface area (Å²) in [5, 5.41) is 3.37. The van der Waals surface area contributed by atoms with Crippen LogP contribution in [0.15, 0.2) is 12.3 Å². The van der Waals surface area contributed by atoms with E-state index < -0.39 is 0 Å². The van der Waals surface area contributed by atoms with Crippen molar-refractivity contribution < 1.29 is 9.47 Å². The van der Waals surface area contributed by atoms with Gasteiger partial charge in [0.1, 0.15) is 0 Å². The second-order valence-corrected chi connectivity index (χ2v) is 4.95. The zero-order chi connectivity index (χ0) is 13.5. The molecule has 1 N–H and O–H groups in total. The number of nitrogens with zero attached hydrogens (tertiary/aromatic N) is 2. The monoisotopic (exact) mass is 265 g/mol. The number of ether oxygens (including phenoxy) is 2. The number of hydrogen-bond donors (Lipinski definition) is 1. The largest absolute Gasteiger partial charge is 0.478 e. The molecule has 0 radical (unpaired) electrons. The molecule has 0 saturated carbocycles. The summed E-state index contributed by atoms with van der Waals surface area (Å²) in [4.78, 5) is 8.62. The zero-order valence-electron chi connectivity index (χ0n) is 11.8. The van der Waals surface area contributed by atoms with Crippen LogP contribution in [0.4, 0.5) is 5.95 Å². The second-order valence-electron chi connectivity index (χ2n) is 4.95. The van der Waals surface area contributed by atoms with Gasteiger partial charge in [0.05, 0.1) is 6.61 Å². The number of hydrogen-bond acceptors (Lipinski definition) is 5. The molecule has 1 saturated heterocycles. The fourth-order valence-electron chi connectivity index (χ4n) is 2.24. The molecular weight excluding hydrogens is 242 g/mol. The average Bonchev–Trinajstić information content (AvgIpc) is 2.46. The summed E-state index contributed by atoms with van der Waals surface area (Å²) in [6, 6.07) is 2.14. The Morgan fingerprint density at radius 2 is 2.26 bits per heavy atom. The summed E-state index contributed by atoms with van der Waals surface area (Å²) < 4.78 is 10.9. The molecule has 106 valence electrons. The summed E-state index contributed by atoms with van der Waals surface area (Å²) in [5.41, 5.74) is 0. The molecule has 0 aromatic carbocycles. The zero-order valence-corrected chi connectivity index (χ0v) is 11.8. The maximum atomic E-state index is 5.51. The molecule has 1 atom stereocenters. The molecule has 1 aromatic heterocycles. The minimum Gasteiger partial charge on any atom is -0.478 e. The van der Waals surface area contributed by atoms with Crippen molar-refractivity contribution in [3.63, 3.8) is 0 Å². The summed E-state index contributed by atoms with van der Waals surface area (Å²) in [6.07, 6.45) is 4.91. The van der Waals surface area contributed by atoms with Gasteiger partial charge >= 0.3 is 0 Å². The fraction of sp³-hybridized carbons (Fsp3) is 0.714. The number of rotatable bonds is 6. The van der Waals surface area contributed by atoms with Gasteiger partial charge in [0.15, 0.2) is 0 Å². The van der Waals surface area contributed by atoms with Crippen LogP contribution < -0.4 is 10.1 Å². The minimum absolute atomic E-state index is 0.352. The Hall–Kier alpha value is -1.36. The van der Waals surface area contributed by atoms with Gasteiger partial charge < -0.3 is 14.8 Å². The van der Waals surface area contributed by atoms with E-state index in [1.165, 1.54) is 0 Å². The summed E-state index contributed by atoms with van der Waals surface area (Å²) in [7, 11) is 0. The molecule has 2 heterocycles. The van der Waals surface area contributed by atoms with Gasteiger partial charge in [-0.3, -0.25) is 0 Å². The molecule has 1 unspecified atom stereocenters. The van der Waals surface area contributed by atoms with Crippen LogP contribution in [0, 0.1) is 5.92 Å². The Kier molecular flexibility index (Phi) is 5.39. The Morgan fingerprint density at radius 3 is 3.00 bits per heavy atom. The van der Waals surface area contributed by atoms with Crippen molar-refractivity contribution in [3.05, 3.63) is 12.3 Å². The van der Waals surface area contributed by atoms with E-state index in [1.807, 2.05) is 0 Å². The third-order valence-corrected chi connectivity index (χ3v) is 3.41. The van der Waals surface area contributed by atoms with E-state index in [-0.39, 0.29) is 0 Å². The molecular formula is C14H23N3O2. The van der Waals surface area contributed by atoms with Crippen molar-refractivity contribution in [3.8, 4) is 5.88 Å². The highest BCUT2D eigenvalue weighted by Crippen LogP contribution is 2.21. The van der Waals surface area contributed by atoms with Gasteiger partial charge in [0.2, 0.25) is 11.8 Å². The number of aromatic nitrogens is 2. The van der Waals surface area contributed by atoms with Crippen molar-refractivity contribution in [2.75, 3.05) is 25.1 Å². The first-order valence-corrected chi connectivity index (χ1v) is 7.09. The van der Waals surface area contributed by atoms with Crippen molar-refractivity contribution in [2.45, 2.75) is 39.2 Å². The molecule has 0 amide bonds. The third-order valence-electron chi connectivity index (χ3n) is 3.41. The fourth-order valence-corrected chi connectivity index (χ4v) is 2.24. The molecule has 5 heteroatoms. The topological polar surface area (TPSA) is 56.3 Å². The van der Waals surface area contributed by atoms with Gasteiger partial charge in [-0.15, -0.1) is 0 Å². The molecule has 0 spiro atoms. The molecule has 0 aliphatic carbocycles. The maximum Gasteiger partial charge on any atom is 0.226 e. The summed E-state index contributed by atoms with van der Waals surface area (Å²) in [6.45, 7) is 6.66. The van der Waals surface area contributed by atoms with Crippen molar-refractivity contribution in [2.24, 2.45) is 5.92 Å². The van der Waals surface area contributed by atoms with E-state index in [2.05, 4.69) is 29.1 Å². The highest BCUT2D eigenvalue weighted by Gasteiger charge is 2.20. The number of nitrogens with one attached hydrogen (secondary N) is 1. The average molecular weight is 265 g/mol. The van der Waals surface area contributed by atoms with Gasteiger partial charge in [-0.2, -0.15) is 4.98 Å². The molecule has 0 bridgehead atoms. The van der Waals surface area contributed by atoms with Crippen molar-refractivity contribution in [1.29, 1.82) is 0 Å². The van der Waals surface area contributed by atoms with Gasteiger partial charge in [-0.05, 0) is 32.1 Å². The first-order valence-electron chi connectivity index (χ1n) is 7.09. The van der Waals surface area contributed by atoms with Gasteiger partial charge in [-0.25, -0.2) is 4.98 Å². The van der Waals surface area contributed by atoms with Gasteiger partial charge in [0.25, 0.3) is 0 Å². The molecule has 1 aliphatic rings. The standard InChI is InChI=1S/C14H23N3O2/c1-3-8-19-13-4-7-15-14(17-13)16-11(2)12-5-9-18-10-6-12/h4,7,11-12H,3,5-6,8-10H2,1-2H3,(H,15,16,17). The van der Waals surface area contributed by atoms with E-state index in [4.69, 9.17) is 9.47 Å². The van der Waals surface area contributed by atoms with Crippen LogP contribution in [0.3, 0.4) is 0 Å². The van der Waals surface area contributed by atoms with Crippen LogP contribution in [0.1, 0.15) is 33.1 Å². The second kappa shape index (κ2) is 7.28. The maximum absolute atomic E-state index is 5.51. The van der Waals surface area contributed by atoms with E-state index in [0.29, 0.717) is 30.4 Å². The highest BCUT2D eigenvalue weighted by molar-refractivity contribution is 5.28. The predicted molar refractivity (Wildman–Crippen MR) is 74.4 cm³/mol. The van der Waals surface area contributed by atoms with Crippen LogP contribution in [0.5, 0.6) is 5.88 Å². The molecule has 1 aliphatic heterocycles. The molecule has 2 rings (SSSR count). The number of anilines is 1. The van der Waals surface area contributed by atoms with Crippen LogP contribution in [0.25, 0.3) is 0 Å². The molecule has 19 heavy (non-hydrogen) atoms. The van der Waals surface area contributed by atoms with Crippen LogP contribution in [-0.4, -0.2) is 35.8 Å². The van der Waals surface area contributed by atoms with E-state index in [9.17, 15) is 0 Å². The molecule has 1 fully saturated rings. The van der Waals surface area contributed by atoms with E-state index >= 15 is 0 Å². The first-order chi connectivity index (χ1) is 9.29. The van der Waals surface area contributed by atoms with Crippen LogP contribution in [0.2, 0.25) is 0 Å². The third kappa shape index (κ3) is 4.35. The summed E-state index contributed by atoms with van der Waals surface area (Å²) >= 11 is 0. The molecule has 5 nitrogen and oxygen atoms in total. The molecule has 1 aromatic rings. The van der Waals surface area contributed by atoms with Gasteiger partial charge in [-0.1, -0.05) is 6.92 Å². The lowest BCUT2D eigenvalue weighted by Gasteiger charge is -2.28. The Bertz CT molecular complexity index is 381. The normalized spacial score (nSPS) is 18.0. The lowest BCUT2D eigenvalue weighted by molar-refractivity contribution is 0.0621. The van der Waals surface area contributed by atoms with Crippen LogP contribution >= 0.6 is 0 Å². The van der Waals surface area contributed by atoms with Crippen molar-refractivity contribution >= 4 is 5.95 Å². The SMILES string of the molecule is CCCOc1ccnc(NC(C)C2CCOCC2)n1. The quantitative estimate of drug-likeness (QED) is 0.856. The van der Waals surface area contributed by atoms with Crippen LogP contribution in [-0.2, 0) is 4.74 Å². The van der Waals surface area contributed by atoms with E-state index in [0.717, 1.165) is 32.5 Å². The Morgan fingerprint density at radius 1 is 1.47 bits per heavy atom. The van der Waals surface area contributed by atoms with Crippen molar-refractivity contribution in [1.82, 2.24) is 9.97 Å². The summed E-state index contributed by atoms with van der Waals surface area (Å²) in [5.74, 6) is 1.91. The van der Waals surface area contributed by atoms with E-state index in [1.54, 1.807) is 12.3 Å². The predicted octanol–water partition coefficient (Wildman–Crippen LogP) is 2.49. The van der Waals surface area contributed by atoms with Gasteiger partial charge in [0, 0.05) is 31.5 Å². The highest BCUT2D eigenvalue weighted by atomic mass is 16.5. The lowest BCUT2D eigenvalue weighted by atomic mass is 9.93. The lowest BCUT2D eigenvalue weighted by Crippen LogP contribution is -2.31. The Labute approximate surface area is 114 Å². The smallest absolute Gasteiger partial charge is 0.226 e. The Balaban J connectivity index is 1.90. The minimum atomic E-state index is 0.352. The first kappa shape index (κ1) is 14.1.